The summed E-state index contributed by atoms with van der Waals surface area (Å²) in [4.78, 5) is 34.8. The van der Waals surface area contributed by atoms with Crippen LogP contribution in [0.3, 0.4) is 0 Å². The predicted octanol–water partition coefficient (Wildman–Crippen LogP) is 3.21. The molecule has 162 valence electrons. The highest BCUT2D eigenvalue weighted by Gasteiger charge is 2.29. The number of amides is 2. The summed E-state index contributed by atoms with van der Waals surface area (Å²) in [7, 11) is 0. The molecule has 0 radical (unpaired) electrons. The van der Waals surface area contributed by atoms with E-state index in [1.165, 1.54) is 18.3 Å². The summed E-state index contributed by atoms with van der Waals surface area (Å²) in [5.41, 5.74) is 1.16. The zero-order valence-corrected chi connectivity index (χ0v) is 17.8. The number of carbonyl (C=O) groups is 2. The Bertz CT molecular complexity index is 1130. The number of ether oxygens (including phenoxy) is 1. The molecule has 1 aliphatic heterocycles. The zero-order chi connectivity index (χ0) is 22.0. The molecular weight excluding hydrogens is 446 g/mol. The average Bonchev–Trinajstić information content (AvgIpc) is 3.20. The number of nitrogens with one attached hydrogen (secondary N) is 2. The maximum absolute atomic E-state index is 13.9. The molecule has 2 amide bonds. The Hall–Kier alpha value is -2.68. The van der Waals surface area contributed by atoms with Gasteiger partial charge in [0, 0.05) is 31.1 Å². The predicted molar refractivity (Wildman–Crippen MR) is 115 cm³/mol. The highest BCUT2D eigenvalue weighted by Crippen LogP contribution is 2.22. The van der Waals surface area contributed by atoms with Crippen LogP contribution in [0.5, 0.6) is 0 Å². The van der Waals surface area contributed by atoms with Crippen LogP contribution in [0, 0.1) is 5.82 Å². The van der Waals surface area contributed by atoms with E-state index in [1.807, 2.05) is 0 Å². The highest BCUT2D eigenvalue weighted by molar-refractivity contribution is 6.31. The van der Waals surface area contributed by atoms with Crippen molar-refractivity contribution in [3.05, 3.63) is 63.6 Å². The van der Waals surface area contributed by atoms with Gasteiger partial charge in [-0.1, -0.05) is 35.3 Å². The van der Waals surface area contributed by atoms with Crippen LogP contribution >= 0.6 is 23.2 Å². The largest absolute Gasteiger partial charge is 0.378 e. The standard InChI is InChI=1S/C21H19Cl2FN4O3/c22-14-8-13-10-16(26-19(13)25-11-14)20(29)27-17(21(30)28-4-6-31-7-5-28)9-12-2-1-3-15(24)18(12)23/h1-3,8,10-11,17H,4-7,9H2,(H,25,26)(H,27,29). The van der Waals surface area contributed by atoms with E-state index < -0.39 is 17.8 Å². The molecule has 1 unspecified atom stereocenters. The number of halogens is 3. The van der Waals surface area contributed by atoms with Gasteiger partial charge in [-0.15, -0.1) is 0 Å². The summed E-state index contributed by atoms with van der Waals surface area (Å²) < 4.78 is 19.2. The SMILES string of the molecule is O=C(NC(Cc1cccc(F)c1Cl)C(=O)N1CCOCC1)c1cc2cc(Cl)cnc2[nH]1. The number of benzene rings is 1. The summed E-state index contributed by atoms with van der Waals surface area (Å²) in [5.74, 6) is -1.36. The molecule has 31 heavy (non-hydrogen) atoms. The van der Waals surface area contributed by atoms with Crippen LogP contribution < -0.4 is 5.32 Å². The van der Waals surface area contributed by atoms with E-state index in [2.05, 4.69) is 15.3 Å². The number of aromatic amines is 1. The van der Waals surface area contributed by atoms with Gasteiger partial charge >= 0.3 is 0 Å². The number of morpholine rings is 1. The third-order valence-corrected chi connectivity index (χ3v) is 5.69. The van der Waals surface area contributed by atoms with Crippen molar-refractivity contribution >= 4 is 46.0 Å². The third kappa shape index (κ3) is 4.81. The van der Waals surface area contributed by atoms with E-state index in [-0.39, 0.29) is 23.0 Å². The monoisotopic (exact) mass is 464 g/mol. The Kier molecular flexibility index (Phi) is 6.41. The van der Waals surface area contributed by atoms with Crippen LogP contribution in [0.25, 0.3) is 11.0 Å². The number of H-pyrrole nitrogens is 1. The molecule has 3 heterocycles. The number of hydrogen-bond acceptors (Lipinski definition) is 4. The van der Waals surface area contributed by atoms with E-state index >= 15 is 0 Å². The fourth-order valence-corrected chi connectivity index (χ4v) is 3.85. The normalized spacial score (nSPS) is 15.1. The lowest BCUT2D eigenvalue weighted by Gasteiger charge is -2.31. The number of pyridine rings is 1. The first-order valence-corrected chi connectivity index (χ1v) is 10.4. The second-order valence-corrected chi connectivity index (χ2v) is 7.97. The molecule has 1 saturated heterocycles. The van der Waals surface area contributed by atoms with Crippen molar-refractivity contribution in [2.24, 2.45) is 0 Å². The van der Waals surface area contributed by atoms with Gasteiger partial charge in [0.05, 0.1) is 23.3 Å². The first kappa shape index (κ1) is 21.5. The average molecular weight is 465 g/mol. The van der Waals surface area contributed by atoms with Gasteiger partial charge in [0.15, 0.2) is 0 Å². The molecule has 0 saturated carbocycles. The lowest BCUT2D eigenvalue weighted by atomic mass is 10.0. The van der Waals surface area contributed by atoms with Gasteiger partial charge in [0.25, 0.3) is 5.91 Å². The van der Waals surface area contributed by atoms with Crippen LogP contribution in [0.1, 0.15) is 16.1 Å². The van der Waals surface area contributed by atoms with E-state index in [4.69, 9.17) is 27.9 Å². The number of hydrogen-bond donors (Lipinski definition) is 2. The van der Waals surface area contributed by atoms with E-state index in [9.17, 15) is 14.0 Å². The summed E-state index contributed by atoms with van der Waals surface area (Å²) in [5, 5.41) is 3.80. The van der Waals surface area contributed by atoms with E-state index in [0.29, 0.717) is 47.9 Å². The fourth-order valence-electron chi connectivity index (χ4n) is 3.48. The van der Waals surface area contributed by atoms with Crippen molar-refractivity contribution in [2.75, 3.05) is 26.3 Å². The van der Waals surface area contributed by atoms with Crippen molar-refractivity contribution in [3.63, 3.8) is 0 Å². The van der Waals surface area contributed by atoms with Gasteiger partial charge in [0.2, 0.25) is 5.91 Å². The lowest BCUT2D eigenvalue weighted by Crippen LogP contribution is -2.52. The van der Waals surface area contributed by atoms with Gasteiger partial charge in [-0.05, 0) is 23.8 Å². The molecule has 10 heteroatoms. The van der Waals surface area contributed by atoms with Gasteiger partial charge in [-0.3, -0.25) is 9.59 Å². The van der Waals surface area contributed by atoms with Gasteiger partial charge in [0.1, 0.15) is 23.2 Å². The number of rotatable bonds is 5. The fraction of sp³-hybridized carbons (Fsp3) is 0.286. The zero-order valence-electron chi connectivity index (χ0n) is 16.3. The van der Waals surface area contributed by atoms with Crippen molar-refractivity contribution < 1.29 is 18.7 Å². The molecule has 2 aromatic heterocycles. The minimum absolute atomic E-state index is 0.0445. The minimum Gasteiger partial charge on any atom is -0.378 e. The molecule has 7 nitrogen and oxygen atoms in total. The van der Waals surface area contributed by atoms with E-state index in [0.717, 1.165) is 0 Å². The first-order chi connectivity index (χ1) is 14.9. The molecule has 2 N–H and O–H groups in total. The second-order valence-electron chi connectivity index (χ2n) is 7.16. The summed E-state index contributed by atoms with van der Waals surface area (Å²) in [6.45, 7) is 1.66. The Balaban J connectivity index is 1.59. The molecule has 0 spiro atoms. The molecule has 0 bridgehead atoms. The molecule has 1 aliphatic rings. The summed E-state index contributed by atoms with van der Waals surface area (Å²) >= 11 is 12.0. The smallest absolute Gasteiger partial charge is 0.268 e. The first-order valence-electron chi connectivity index (χ1n) is 9.67. The van der Waals surface area contributed by atoms with Crippen LogP contribution in [0.15, 0.2) is 36.5 Å². The maximum atomic E-state index is 13.9. The minimum atomic E-state index is -0.937. The Labute approximate surface area is 187 Å². The molecular formula is C21H19Cl2FN4O3. The van der Waals surface area contributed by atoms with Crippen LogP contribution in [0.4, 0.5) is 4.39 Å². The molecule has 1 fully saturated rings. The lowest BCUT2D eigenvalue weighted by molar-refractivity contribution is -0.137. The van der Waals surface area contributed by atoms with Gasteiger partial charge in [-0.2, -0.15) is 0 Å². The Morgan fingerprint density at radius 2 is 2.03 bits per heavy atom. The van der Waals surface area contributed by atoms with Crippen LogP contribution in [-0.2, 0) is 16.0 Å². The molecule has 1 atom stereocenters. The quantitative estimate of drug-likeness (QED) is 0.606. The van der Waals surface area contributed by atoms with Crippen molar-refractivity contribution in [1.29, 1.82) is 0 Å². The molecule has 4 rings (SSSR count). The van der Waals surface area contributed by atoms with Crippen molar-refractivity contribution in [2.45, 2.75) is 12.5 Å². The van der Waals surface area contributed by atoms with Crippen molar-refractivity contribution in [3.8, 4) is 0 Å². The number of carbonyl (C=O) groups excluding carboxylic acids is 2. The summed E-state index contributed by atoms with van der Waals surface area (Å²) in [6.07, 6.45) is 1.52. The van der Waals surface area contributed by atoms with Gasteiger partial charge in [-0.25, -0.2) is 9.37 Å². The Morgan fingerprint density at radius 1 is 1.26 bits per heavy atom. The maximum Gasteiger partial charge on any atom is 0.268 e. The third-order valence-electron chi connectivity index (χ3n) is 5.06. The number of aromatic nitrogens is 2. The molecule has 3 aromatic rings. The Morgan fingerprint density at radius 3 is 2.81 bits per heavy atom. The van der Waals surface area contributed by atoms with E-state index in [1.54, 1.807) is 23.1 Å². The topological polar surface area (TPSA) is 87.3 Å². The number of fused-ring (bicyclic) bond motifs is 1. The van der Waals surface area contributed by atoms with Crippen LogP contribution in [-0.4, -0.2) is 59.0 Å². The number of nitrogens with zero attached hydrogens (tertiary/aromatic N) is 2. The highest BCUT2D eigenvalue weighted by atomic mass is 35.5. The second kappa shape index (κ2) is 9.21. The van der Waals surface area contributed by atoms with Crippen LogP contribution in [0.2, 0.25) is 10.0 Å². The van der Waals surface area contributed by atoms with Crippen molar-refractivity contribution in [1.82, 2.24) is 20.2 Å². The molecule has 0 aliphatic carbocycles. The molecule has 1 aromatic carbocycles. The van der Waals surface area contributed by atoms with Gasteiger partial charge < -0.3 is 19.9 Å². The summed E-state index contributed by atoms with van der Waals surface area (Å²) in [6, 6.07) is 6.74.